The summed E-state index contributed by atoms with van der Waals surface area (Å²) in [7, 11) is 0. The molecule has 0 saturated carbocycles. The van der Waals surface area contributed by atoms with E-state index in [1.807, 2.05) is 0 Å². The van der Waals surface area contributed by atoms with Gasteiger partial charge in [0, 0.05) is 12.2 Å². The molecule has 1 aromatic rings. The number of amides is 1. The van der Waals surface area contributed by atoms with Crippen molar-refractivity contribution in [3.63, 3.8) is 0 Å². The van der Waals surface area contributed by atoms with Gasteiger partial charge in [0.1, 0.15) is 5.75 Å². The molecule has 0 fully saturated rings. The van der Waals surface area contributed by atoms with E-state index in [2.05, 4.69) is 10.5 Å². The van der Waals surface area contributed by atoms with E-state index < -0.39 is 11.9 Å². The lowest BCUT2D eigenvalue weighted by molar-refractivity contribution is -0.131. The highest BCUT2D eigenvalue weighted by Crippen LogP contribution is 2.08. The molecule has 0 aliphatic heterocycles. The lowest BCUT2D eigenvalue weighted by Gasteiger charge is -1.95. The number of nitrogens with zero attached hydrogens (tertiary/aromatic N) is 1. The largest absolute Gasteiger partial charge is 0.508 e. The number of nitrogens with one attached hydrogen (secondary N) is 1. The zero-order valence-corrected chi connectivity index (χ0v) is 8.70. The SMILES string of the molecule is O=C(O)/C=C/C(=O)N/N=C/c1cccc(O)c1. The van der Waals surface area contributed by atoms with Crippen molar-refractivity contribution in [1.29, 1.82) is 0 Å². The van der Waals surface area contributed by atoms with Gasteiger partial charge in [0.15, 0.2) is 0 Å². The molecule has 0 radical (unpaired) electrons. The quantitative estimate of drug-likeness (QED) is 0.401. The Hall–Kier alpha value is -2.63. The highest BCUT2D eigenvalue weighted by molar-refractivity contribution is 5.94. The minimum Gasteiger partial charge on any atom is -0.508 e. The molecule has 3 N–H and O–H groups in total. The van der Waals surface area contributed by atoms with Crippen LogP contribution in [0, 0.1) is 0 Å². The summed E-state index contributed by atoms with van der Waals surface area (Å²) in [6.07, 6.45) is 2.88. The van der Waals surface area contributed by atoms with Crippen LogP contribution in [-0.4, -0.2) is 28.3 Å². The van der Waals surface area contributed by atoms with Gasteiger partial charge in [-0.05, 0) is 17.7 Å². The average Bonchev–Trinajstić information content (AvgIpc) is 2.26. The van der Waals surface area contributed by atoms with Crippen LogP contribution in [0.25, 0.3) is 0 Å². The zero-order chi connectivity index (χ0) is 12.7. The Morgan fingerprint density at radius 2 is 2.06 bits per heavy atom. The van der Waals surface area contributed by atoms with Crippen molar-refractivity contribution in [1.82, 2.24) is 5.43 Å². The van der Waals surface area contributed by atoms with Gasteiger partial charge in [-0.1, -0.05) is 12.1 Å². The molecule has 0 aliphatic rings. The first-order valence-corrected chi connectivity index (χ1v) is 4.61. The Balaban J connectivity index is 2.51. The standard InChI is InChI=1S/C11H10N2O4/c14-9-3-1-2-8(6-9)7-12-13-10(15)4-5-11(16)17/h1-7,14H,(H,13,15)(H,16,17)/b5-4+,12-7+. The van der Waals surface area contributed by atoms with Gasteiger partial charge in [0.05, 0.1) is 6.21 Å². The number of hydrazone groups is 1. The van der Waals surface area contributed by atoms with E-state index >= 15 is 0 Å². The lowest BCUT2D eigenvalue weighted by Crippen LogP contribution is -2.14. The number of carboxylic acid groups (broad SMARTS) is 1. The number of carbonyl (C=O) groups excluding carboxylic acids is 1. The number of hydrogen-bond donors (Lipinski definition) is 3. The Bertz CT molecular complexity index is 480. The molecule has 0 saturated heterocycles. The first kappa shape index (κ1) is 12.4. The van der Waals surface area contributed by atoms with E-state index in [1.54, 1.807) is 12.1 Å². The maximum atomic E-state index is 11.0. The molecule has 0 bridgehead atoms. The van der Waals surface area contributed by atoms with Gasteiger partial charge < -0.3 is 10.2 Å². The van der Waals surface area contributed by atoms with Gasteiger partial charge >= 0.3 is 5.97 Å². The number of benzene rings is 1. The molecule has 0 atom stereocenters. The van der Waals surface area contributed by atoms with Crippen LogP contribution < -0.4 is 5.43 Å². The summed E-state index contributed by atoms with van der Waals surface area (Å²) in [6.45, 7) is 0. The molecule has 0 aliphatic carbocycles. The zero-order valence-electron chi connectivity index (χ0n) is 8.70. The number of carboxylic acids is 1. The second-order valence-electron chi connectivity index (χ2n) is 3.00. The molecule has 1 aromatic carbocycles. The molecular weight excluding hydrogens is 224 g/mol. The van der Waals surface area contributed by atoms with E-state index in [0.29, 0.717) is 11.6 Å². The monoisotopic (exact) mass is 234 g/mol. The molecule has 1 rings (SSSR count). The van der Waals surface area contributed by atoms with Crippen molar-refractivity contribution in [2.45, 2.75) is 0 Å². The fourth-order valence-corrected chi connectivity index (χ4v) is 0.960. The highest BCUT2D eigenvalue weighted by atomic mass is 16.4. The number of aliphatic carboxylic acids is 1. The molecule has 17 heavy (non-hydrogen) atoms. The van der Waals surface area contributed by atoms with Gasteiger partial charge in [-0.25, -0.2) is 10.2 Å². The lowest BCUT2D eigenvalue weighted by atomic mass is 10.2. The van der Waals surface area contributed by atoms with Crippen LogP contribution in [0.3, 0.4) is 0 Å². The Morgan fingerprint density at radius 3 is 2.71 bits per heavy atom. The molecule has 88 valence electrons. The van der Waals surface area contributed by atoms with Gasteiger partial charge in [-0.15, -0.1) is 0 Å². The van der Waals surface area contributed by atoms with E-state index in [1.165, 1.54) is 18.3 Å². The minimum absolute atomic E-state index is 0.0889. The van der Waals surface area contributed by atoms with Gasteiger partial charge in [0.2, 0.25) is 0 Å². The normalized spacial score (nSPS) is 10.8. The number of carbonyl (C=O) groups is 2. The van der Waals surface area contributed by atoms with Crippen molar-refractivity contribution in [2.24, 2.45) is 5.10 Å². The molecule has 1 amide bonds. The molecule has 0 heterocycles. The van der Waals surface area contributed by atoms with Crippen molar-refractivity contribution < 1.29 is 19.8 Å². The summed E-state index contributed by atoms with van der Waals surface area (Å²) in [4.78, 5) is 21.1. The molecule has 6 heteroatoms. The van der Waals surface area contributed by atoms with Crippen LogP contribution in [0.2, 0.25) is 0 Å². The van der Waals surface area contributed by atoms with Gasteiger partial charge in [0.25, 0.3) is 5.91 Å². The second-order valence-corrected chi connectivity index (χ2v) is 3.00. The third-order valence-corrected chi connectivity index (χ3v) is 1.64. The predicted octanol–water partition coefficient (Wildman–Crippen LogP) is 0.483. The fourth-order valence-electron chi connectivity index (χ4n) is 0.960. The van der Waals surface area contributed by atoms with E-state index in [-0.39, 0.29) is 5.75 Å². The van der Waals surface area contributed by atoms with Crippen molar-refractivity contribution >= 4 is 18.1 Å². The summed E-state index contributed by atoms with van der Waals surface area (Å²) in [5.74, 6) is -1.77. The molecule has 0 spiro atoms. The fraction of sp³-hybridized carbons (Fsp3) is 0. The van der Waals surface area contributed by atoms with Crippen molar-refractivity contribution in [3.8, 4) is 5.75 Å². The van der Waals surface area contributed by atoms with Gasteiger partial charge in [-0.2, -0.15) is 5.10 Å². The number of rotatable bonds is 4. The summed E-state index contributed by atoms with van der Waals surface area (Å²) < 4.78 is 0. The van der Waals surface area contributed by atoms with Crippen molar-refractivity contribution in [2.75, 3.05) is 0 Å². The van der Waals surface area contributed by atoms with Crippen LogP contribution in [0.1, 0.15) is 5.56 Å². The predicted molar refractivity (Wildman–Crippen MR) is 60.6 cm³/mol. The van der Waals surface area contributed by atoms with Crippen LogP contribution >= 0.6 is 0 Å². The van der Waals surface area contributed by atoms with Crippen LogP contribution in [-0.2, 0) is 9.59 Å². The maximum Gasteiger partial charge on any atom is 0.328 e. The number of phenolic OH excluding ortho intramolecular Hbond substituents is 1. The minimum atomic E-state index is -1.21. The first-order chi connectivity index (χ1) is 8.08. The summed E-state index contributed by atoms with van der Waals surface area (Å²) >= 11 is 0. The smallest absolute Gasteiger partial charge is 0.328 e. The molecule has 0 unspecified atom stereocenters. The van der Waals surface area contributed by atoms with Gasteiger partial charge in [-0.3, -0.25) is 4.79 Å². The average molecular weight is 234 g/mol. The topological polar surface area (TPSA) is 99.0 Å². The third kappa shape index (κ3) is 5.12. The van der Waals surface area contributed by atoms with E-state index in [9.17, 15) is 9.59 Å². The molecule has 0 aromatic heterocycles. The summed E-state index contributed by atoms with van der Waals surface area (Å²) in [5, 5.41) is 21.0. The second kappa shape index (κ2) is 6.06. The summed E-state index contributed by atoms with van der Waals surface area (Å²) in [6, 6.07) is 6.28. The third-order valence-electron chi connectivity index (χ3n) is 1.64. The van der Waals surface area contributed by atoms with E-state index in [0.717, 1.165) is 6.08 Å². The molecular formula is C11H10N2O4. The Morgan fingerprint density at radius 1 is 1.29 bits per heavy atom. The summed E-state index contributed by atoms with van der Waals surface area (Å²) in [5.41, 5.74) is 2.71. The Kier molecular flexibility index (Phi) is 4.44. The number of hydrogen-bond acceptors (Lipinski definition) is 4. The van der Waals surface area contributed by atoms with Crippen LogP contribution in [0.15, 0.2) is 41.5 Å². The number of phenols is 1. The van der Waals surface area contributed by atoms with E-state index in [4.69, 9.17) is 10.2 Å². The van der Waals surface area contributed by atoms with Crippen LogP contribution in [0.5, 0.6) is 5.75 Å². The van der Waals surface area contributed by atoms with Crippen LogP contribution in [0.4, 0.5) is 0 Å². The highest BCUT2D eigenvalue weighted by Gasteiger charge is 1.94. The maximum absolute atomic E-state index is 11.0. The Labute approximate surface area is 96.9 Å². The van der Waals surface area contributed by atoms with Crippen molar-refractivity contribution in [3.05, 3.63) is 42.0 Å². The number of aromatic hydroxyl groups is 1. The molecule has 6 nitrogen and oxygen atoms in total. The first-order valence-electron chi connectivity index (χ1n) is 4.61.